The number of guanidine groups is 2. The van der Waals surface area contributed by atoms with Crippen molar-refractivity contribution < 1.29 is 10.1 Å². The molecule has 0 fully saturated rings. The van der Waals surface area contributed by atoms with Crippen molar-refractivity contribution in [3.8, 4) is 6.19 Å². The van der Waals surface area contributed by atoms with Crippen LogP contribution in [-0.4, -0.2) is 79.8 Å². The minimum absolute atomic E-state index is 0.0875. The van der Waals surface area contributed by atoms with E-state index in [0.29, 0.717) is 53.3 Å². The van der Waals surface area contributed by atoms with E-state index in [9.17, 15) is 20.2 Å². The number of thiazole rings is 1. The summed E-state index contributed by atoms with van der Waals surface area (Å²) in [5, 5.41) is 36.7. The third kappa shape index (κ3) is 15.3. The lowest BCUT2D eigenvalue weighted by Gasteiger charge is -2.17. The highest BCUT2D eigenvalue weighted by atomic mass is 35.5. The second-order valence-corrected chi connectivity index (χ2v) is 11.4. The molecule has 0 saturated heterocycles. The Kier molecular flexibility index (Phi) is 16.5. The van der Waals surface area contributed by atoms with Crippen LogP contribution in [0.15, 0.2) is 57.9 Å². The number of rotatable bonds is 8. The molecule has 18 nitrogen and oxygen atoms in total. The number of halogens is 3. The van der Waals surface area contributed by atoms with E-state index in [4.69, 9.17) is 40.1 Å². The Bertz CT molecular complexity index is 1600. The van der Waals surface area contributed by atoms with Gasteiger partial charge in [0.15, 0.2) is 14.5 Å². The lowest BCUT2D eigenvalue weighted by Crippen LogP contribution is -2.40. The molecule has 0 atom stereocenters. The highest BCUT2D eigenvalue weighted by Gasteiger charge is 2.20. The SMILES string of the molecule is C/C(=N\C#N)N(C)Cc1ccc(Cl)nc1.CNC(=N[N+](=O)[O-])NCc1cnc(Cl)s1.O=[N+]([O-])NC1=NCCN1Cc1ccc(Cl)nc1. The maximum Gasteiger partial charge on any atom is 0.268 e. The Morgan fingerprint density at radius 2 is 1.77 bits per heavy atom. The fraction of sp³-hybridized carbons (Fsp3) is 0.320. The molecule has 0 amide bonds. The number of nitrogens with one attached hydrogen (secondary N) is 3. The highest BCUT2D eigenvalue weighted by molar-refractivity contribution is 7.15. The van der Waals surface area contributed by atoms with E-state index in [-0.39, 0.29) is 11.9 Å². The van der Waals surface area contributed by atoms with Crippen LogP contribution in [0.3, 0.4) is 0 Å². The van der Waals surface area contributed by atoms with Crippen LogP contribution in [0.25, 0.3) is 0 Å². The largest absolute Gasteiger partial charge is 0.358 e. The van der Waals surface area contributed by atoms with Crippen molar-refractivity contribution in [1.29, 1.82) is 5.26 Å². The zero-order valence-corrected chi connectivity index (χ0v) is 28.3. The van der Waals surface area contributed by atoms with Crippen LogP contribution in [-0.2, 0) is 19.6 Å². The fourth-order valence-corrected chi connectivity index (χ4v) is 4.52. The fourth-order valence-electron chi connectivity index (χ4n) is 3.38. The molecule has 1 aliphatic rings. The van der Waals surface area contributed by atoms with Crippen LogP contribution in [0.2, 0.25) is 14.8 Å². The van der Waals surface area contributed by atoms with Crippen LogP contribution < -0.4 is 16.1 Å². The second-order valence-electron chi connectivity index (χ2n) is 8.96. The van der Waals surface area contributed by atoms with Gasteiger partial charge in [0.1, 0.15) is 21.2 Å². The molecule has 3 N–H and O–H groups in total. The lowest BCUT2D eigenvalue weighted by molar-refractivity contribution is -0.526. The van der Waals surface area contributed by atoms with Crippen LogP contribution in [0.1, 0.15) is 22.9 Å². The summed E-state index contributed by atoms with van der Waals surface area (Å²) in [6.07, 6.45) is 6.70. The number of hydrazone groups is 1. The van der Waals surface area contributed by atoms with Gasteiger partial charge in [0.05, 0.1) is 13.1 Å². The first-order chi connectivity index (χ1) is 22.4. The van der Waals surface area contributed by atoms with Crippen molar-refractivity contribution in [3.05, 3.63) is 93.9 Å². The predicted octanol–water partition coefficient (Wildman–Crippen LogP) is 3.41. The maximum atomic E-state index is 10.4. The zero-order chi connectivity index (χ0) is 34.8. The van der Waals surface area contributed by atoms with Gasteiger partial charge in [-0.25, -0.2) is 40.2 Å². The monoisotopic (exact) mass is 726 g/mol. The smallest absolute Gasteiger partial charge is 0.268 e. The number of aliphatic imine (C=N–C) groups is 2. The molecule has 3 aromatic heterocycles. The van der Waals surface area contributed by atoms with Gasteiger partial charge >= 0.3 is 0 Å². The third-order valence-corrected chi connectivity index (χ3v) is 7.19. The quantitative estimate of drug-likeness (QED) is 0.0756. The minimum atomic E-state index is -0.779. The van der Waals surface area contributed by atoms with Gasteiger partial charge < -0.3 is 20.4 Å². The van der Waals surface area contributed by atoms with E-state index in [0.717, 1.165) is 16.0 Å². The molecule has 0 saturated carbocycles. The Balaban J connectivity index is 0.000000246. The number of nitriles is 1. The van der Waals surface area contributed by atoms with Crippen molar-refractivity contribution in [1.82, 2.24) is 40.8 Å². The molecule has 0 spiro atoms. The average Bonchev–Trinajstić information content (AvgIpc) is 3.65. The number of aromatic nitrogens is 3. The van der Waals surface area contributed by atoms with Crippen molar-refractivity contribution in [2.24, 2.45) is 15.1 Å². The predicted molar refractivity (Wildman–Crippen MR) is 179 cm³/mol. The van der Waals surface area contributed by atoms with E-state index in [1.807, 2.05) is 24.1 Å². The van der Waals surface area contributed by atoms with E-state index in [1.54, 1.807) is 48.7 Å². The Hall–Kier alpha value is -4.90. The molecule has 4 rings (SSSR count). The number of amidine groups is 1. The Labute approximate surface area is 288 Å². The van der Waals surface area contributed by atoms with Gasteiger partial charge in [0, 0.05) is 57.2 Å². The summed E-state index contributed by atoms with van der Waals surface area (Å²) in [5.41, 5.74) is 4.02. The van der Waals surface area contributed by atoms with Crippen molar-refractivity contribution in [2.45, 2.75) is 26.6 Å². The first-order valence-electron chi connectivity index (χ1n) is 13.2. The van der Waals surface area contributed by atoms with Gasteiger partial charge in [-0.3, -0.25) is 0 Å². The summed E-state index contributed by atoms with van der Waals surface area (Å²) in [6, 6.07) is 7.15. The molecule has 4 heterocycles. The van der Waals surface area contributed by atoms with E-state index in [1.165, 1.54) is 18.4 Å². The van der Waals surface area contributed by atoms with Crippen molar-refractivity contribution >= 4 is 63.9 Å². The molecule has 0 aliphatic carbocycles. The molecule has 0 bridgehead atoms. The first kappa shape index (κ1) is 38.3. The van der Waals surface area contributed by atoms with Gasteiger partial charge in [0.2, 0.25) is 6.19 Å². The number of hydrogen-bond donors (Lipinski definition) is 3. The summed E-state index contributed by atoms with van der Waals surface area (Å²) in [5.74, 6) is 1.04. The summed E-state index contributed by atoms with van der Waals surface area (Å²) in [7, 11) is 3.40. The molecule has 1 aliphatic heterocycles. The maximum absolute atomic E-state index is 10.4. The number of hydrogen-bond acceptors (Lipinski definition) is 12. The van der Waals surface area contributed by atoms with E-state index < -0.39 is 10.1 Å². The summed E-state index contributed by atoms with van der Waals surface area (Å²) in [4.78, 5) is 44.4. The molecule has 250 valence electrons. The first-order valence-corrected chi connectivity index (χ1v) is 15.2. The second kappa shape index (κ2) is 20.3. The molecule has 0 aromatic carbocycles. The average molecular weight is 728 g/mol. The normalized spacial score (nSPS) is 12.4. The number of pyridine rings is 2. The van der Waals surface area contributed by atoms with Gasteiger partial charge in [-0.1, -0.05) is 52.4 Å². The number of hydrazine groups is 1. The Morgan fingerprint density at radius 1 is 1.11 bits per heavy atom. The molecule has 22 heteroatoms. The molecule has 3 aromatic rings. The van der Waals surface area contributed by atoms with Gasteiger partial charge in [-0.2, -0.15) is 10.3 Å². The summed E-state index contributed by atoms with van der Waals surface area (Å²) < 4.78 is 0.434. The van der Waals surface area contributed by atoms with Crippen molar-refractivity contribution in [3.63, 3.8) is 0 Å². The van der Waals surface area contributed by atoms with Gasteiger partial charge in [0.25, 0.3) is 11.9 Å². The minimum Gasteiger partial charge on any atom is -0.358 e. The third-order valence-electron chi connectivity index (χ3n) is 5.63. The summed E-state index contributed by atoms with van der Waals surface area (Å²) in [6.45, 7) is 4.55. The highest BCUT2D eigenvalue weighted by Crippen LogP contribution is 2.17. The van der Waals surface area contributed by atoms with Crippen LogP contribution >= 0.6 is 46.1 Å². The zero-order valence-electron chi connectivity index (χ0n) is 25.2. The van der Waals surface area contributed by atoms with Crippen LogP contribution in [0.4, 0.5) is 0 Å². The molecule has 47 heavy (non-hydrogen) atoms. The Morgan fingerprint density at radius 3 is 2.28 bits per heavy atom. The topological polar surface area (TPSA) is 228 Å². The molecule has 0 unspecified atom stereocenters. The van der Waals surface area contributed by atoms with Gasteiger partial charge in [-0.05, 0) is 30.2 Å². The van der Waals surface area contributed by atoms with E-state index >= 15 is 0 Å². The molecular formula is C25H29Cl3N14O4S. The van der Waals surface area contributed by atoms with Crippen molar-refractivity contribution in [2.75, 3.05) is 27.2 Å². The molecular weight excluding hydrogens is 699 g/mol. The number of nitro groups is 2. The van der Waals surface area contributed by atoms with Crippen LogP contribution in [0.5, 0.6) is 0 Å². The number of nitrogens with zero attached hydrogens (tertiary/aromatic N) is 11. The van der Waals surface area contributed by atoms with Gasteiger partial charge in [-0.15, -0.1) is 11.3 Å². The standard InChI is InChI=1S/C10H11ClN4.C9H10ClN5O2.C6H8ClN5O2S/c1-8(14-7-12)15(2)6-9-3-4-10(11)13-5-9;10-8-2-1-7(5-12-8)6-14-4-3-11-9(14)13-15(16)17;1-8-6(11-12(13)14)10-3-4-2-9-5(7)15-4/h3-5H,6H2,1-2H3;1-2,5H,3-4,6H2,(H,11,13);2H,3H2,1H3,(H2,8,10,11)/b14-8+;;. The lowest BCUT2D eigenvalue weighted by atomic mass is 10.3. The van der Waals surface area contributed by atoms with E-state index in [2.05, 4.69) is 46.1 Å². The van der Waals surface area contributed by atoms with Crippen LogP contribution in [0, 0.1) is 31.7 Å². The molecule has 0 radical (unpaired) electrons. The summed E-state index contributed by atoms with van der Waals surface area (Å²) >= 11 is 18.3.